The van der Waals surface area contributed by atoms with Crippen molar-refractivity contribution >= 4 is 11.7 Å². The Balaban J connectivity index is 2.11. The Morgan fingerprint density at radius 1 is 1.58 bits per heavy atom. The minimum Gasteiger partial charge on any atom is -0.384 e. The molecule has 106 valence electrons. The lowest BCUT2D eigenvalue weighted by Crippen LogP contribution is -2.47. The minimum absolute atomic E-state index is 0.0334. The third kappa shape index (κ3) is 2.96. The summed E-state index contributed by atoms with van der Waals surface area (Å²) in [4.78, 5) is 12.6. The van der Waals surface area contributed by atoms with Gasteiger partial charge in [-0.1, -0.05) is 0 Å². The molecule has 1 saturated heterocycles. The van der Waals surface area contributed by atoms with Crippen LogP contribution < -0.4 is 10.6 Å². The molecule has 0 atom stereocenters. The van der Waals surface area contributed by atoms with Crippen molar-refractivity contribution < 1.29 is 9.53 Å². The average Bonchev–Trinajstić information content (AvgIpc) is 2.87. The summed E-state index contributed by atoms with van der Waals surface area (Å²) in [5, 5.41) is 10.4. The first-order valence-corrected chi connectivity index (χ1v) is 6.75. The second-order valence-electron chi connectivity index (χ2n) is 4.95. The number of hydrogen-bond acceptors (Lipinski definition) is 4. The smallest absolute Gasteiger partial charge is 0.234 e. The molecule has 0 saturated carbocycles. The molecule has 6 nitrogen and oxygen atoms in total. The van der Waals surface area contributed by atoms with Crippen molar-refractivity contribution in [1.82, 2.24) is 15.1 Å². The highest BCUT2D eigenvalue weighted by Crippen LogP contribution is 2.30. The normalized spacial score (nSPS) is 18.2. The summed E-state index contributed by atoms with van der Waals surface area (Å²) < 4.78 is 7.05. The van der Waals surface area contributed by atoms with Gasteiger partial charge in [0.1, 0.15) is 5.82 Å². The molecule has 1 aliphatic heterocycles. The van der Waals surface area contributed by atoms with E-state index in [2.05, 4.69) is 15.7 Å². The van der Waals surface area contributed by atoms with Gasteiger partial charge in [0.15, 0.2) is 0 Å². The van der Waals surface area contributed by atoms with Crippen molar-refractivity contribution in [2.45, 2.75) is 26.3 Å². The van der Waals surface area contributed by atoms with Crippen LogP contribution in [0.1, 0.15) is 19.8 Å². The summed E-state index contributed by atoms with van der Waals surface area (Å²) in [5.74, 6) is 0.785. The monoisotopic (exact) mass is 266 g/mol. The van der Waals surface area contributed by atoms with Gasteiger partial charge < -0.3 is 15.4 Å². The maximum absolute atomic E-state index is 12.6. The lowest BCUT2D eigenvalue weighted by molar-refractivity contribution is -0.130. The van der Waals surface area contributed by atoms with E-state index in [1.165, 1.54) is 0 Å². The predicted octanol–water partition coefficient (Wildman–Crippen LogP) is 0.858. The zero-order chi connectivity index (χ0) is 13.7. The molecular formula is C13H22N4O2. The molecule has 0 aromatic carbocycles. The summed E-state index contributed by atoms with van der Waals surface area (Å²) >= 11 is 0. The fourth-order valence-corrected chi connectivity index (χ4v) is 2.56. The van der Waals surface area contributed by atoms with E-state index in [1.807, 2.05) is 13.0 Å². The number of aryl methyl sites for hydroxylation is 1. The molecule has 0 unspecified atom stereocenters. The number of nitrogens with zero attached hydrogens (tertiary/aromatic N) is 2. The molecule has 1 aromatic rings. The van der Waals surface area contributed by atoms with Crippen LogP contribution in [0.25, 0.3) is 0 Å². The van der Waals surface area contributed by atoms with Gasteiger partial charge >= 0.3 is 0 Å². The third-order valence-corrected chi connectivity index (χ3v) is 3.72. The Morgan fingerprint density at radius 2 is 2.32 bits per heavy atom. The largest absolute Gasteiger partial charge is 0.384 e. The van der Waals surface area contributed by atoms with Crippen LogP contribution in [0.15, 0.2) is 12.3 Å². The summed E-state index contributed by atoms with van der Waals surface area (Å²) in [5.41, 5.74) is -0.428. The highest BCUT2D eigenvalue weighted by Gasteiger charge is 2.39. The van der Waals surface area contributed by atoms with Crippen molar-refractivity contribution in [3.05, 3.63) is 12.3 Å². The number of carbonyl (C=O) groups excluding carboxylic acids is 1. The Morgan fingerprint density at radius 3 is 2.95 bits per heavy atom. The van der Waals surface area contributed by atoms with Crippen molar-refractivity contribution in [3.8, 4) is 0 Å². The van der Waals surface area contributed by atoms with Gasteiger partial charge in [0.25, 0.3) is 0 Å². The predicted molar refractivity (Wildman–Crippen MR) is 72.9 cm³/mol. The number of rotatable bonds is 5. The van der Waals surface area contributed by atoms with E-state index >= 15 is 0 Å². The summed E-state index contributed by atoms with van der Waals surface area (Å²) in [6, 6.07) is 1.82. The SMILES string of the molecule is CCn1nccc1NC(=O)C1(COC)CCNCC1. The molecule has 1 aromatic heterocycles. The number of nitrogens with one attached hydrogen (secondary N) is 2. The second kappa shape index (κ2) is 6.16. The molecule has 0 aliphatic carbocycles. The van der Waals surface area contributed by atoms with E-state index in [0.29, 0.717) is 6.61 Å². The zero-order valence-electron chi connectivity index (χ0n) is 11.6. The van der Waals surface area contributed by atoms with E-state index < -0.39 is 5.41 Å². The van der Waals surface area contributed by atoms with Crippen molar-refractivity contribution in [2.24, 2.45) is 5.41 Å². The Kier molecular flexibility index (Phi) is 4.55. The molecule has 2 heterocycles. The van der Waals surface area contributed by atoms with Crippen LogP contribution in [0.5, 0.6) is 0 Å². The van der Waals surface area contributed by atoms with Gasteiger partial charge in [0.2, 0.25) is 5.91 Å². The number of carbonyl (C=O) groups is 1. The Labute approximate surface area is 113 Å². The minimum atomic E-state index is -0.428. The van der Waals surface area contributed by atoms with E-state index in [4.69, 9.17) is 4.74 Å². The van der Waals surface area contributed by atoms with Crippen LogP contribution in [0, 0.1) is 5.41 Å². The first-order chi connectivity index (χ1) is 9.22. The van der Waals surface area contributed by atoms with Crippen LogP contribution >= 0.6 is 0 Å². The van der Waals surface area contributed by atoms with E-state index in [1.54, 1.807) is 18.0 Å². The topological polar surface area (TPSA) is 68.2 Å². The summed E-state index contributed by atoms with van der Waals surface area (Å²) in [6.45, 7) is 4.90. The molecule has 0 bridgehead atoms. The molecular weight excluding hydrogens is 244 g/mol. The molecule has 19 heavy (non-hydrogen) atoms. The number of piperidine rings is 1. The van der Waals surface area contributed by atoms with Crippen LogP contribution in [0.3, 0.4) is 0 Å². The average molecular weight is 266 g/mol. The molecule has 2 rings (SSSR count). The molecule has 2 N–H and O–H groups in total. The number of hydrogen-bond donors (Lipinski definition) is 2. The van der Waals surface area contributed by atoms with Crippen molar-refractivity contribution in [3.63, 3.8) is 0 Å². The molecule has 1 aliphatic rings. The van der Waals surface area contributed by atoms with Crippen LogP contribution in [0.2, 0.25) is 0 Å². The van der Waals surface area contributed by atoms with Crippen LogP contribution in [0.4, 0.5) is 5.82 Å². The van der Waals surface area contributed by atoms with Gasteiger partial charge in [0, 0.05) is 19.7 Å². The van der Waals surface area contributed by atoms with Gasteiger partial charge in [-0.25, -0.2) is 4.68 Å². The standard InChI is InChI=1S/C13H22N4O2/c1-3-17-11(4-7-15-17)16-12(18)13(10-19-2)5-8-14-9-6-13/h4,7,14H,3,5-6,8-10H2,1-2H3,(H,16,18). The van der Waals surface area contributed by atoms with Gasteiger partial charge in [-0.2, -0.15) is 5.10 Å². The van der Waals surface area contributed by atoms with E-state index in [-0.39, 0.29) is 5.91 Å². The lowest BCUT2D eigenvalue weighted by Gasteiger charge is -2.35. The fraction of sp³-hybridized carbons (Fsp3) is 0.692. The number of methoxy groups -OCH3 is 1. The van der Waals surface area contributed by atoms with Crippen molar-refractivity contribution in [1.29, 1.82) is 0 Å². The van der Waals surface area contributed by atoms with Gasteiger partial charge in [-0.15, -0.1) is 0 Å². The molecule has 0 spiro atoms. The quantitative estimate of drug-likeness (QED) is 0.829. The lowest BCUT2D eigenvalue weighted by atomic mass is 9.78. The van der Waals surface area contributed by atoms with Crippen LogP contribution in [-0.2, 0) is 16.1 Å². The van der Waals surface area contributed by atoms with E-state index in [0.717, 1.165) is 38.3 Å². The number of ether oxygens (including phenoxy) is 1. The highest BCUT2D eigenvalue weighted by atomic mass is 16.5. The summed E-state index contributed by atoms with van der Waals surface area (Å²) in [7, 11) is 1.65. The molecule has 6 heteroatoms. The third-order valence-electron chi connectivity index (χ3n) is 3.72. The molecule has 1 amide bonds. The summed E-state index contributed by atoms with van der Waals surface area (Å²) in [6.07, 6.45) is 3.30. The maximum atomic E-state index is 12.6. The molecule has 1 fully saturated rings. The number of aromatic nitrogens is 2. The highest BCUT2D eigenvalue weighted by molar-refractivity contribution is 5.94. The molecule has 0 radical (unpaired) electrons. The van der Waals surface area contributed by atoms with Crippen molar-refractivity contribution in [2.75, 3.05) is 32.1 Å². The van der Waals surface area contributed by atoms with Crippen LogP contribution in [-0.4, -0.2) is 42.5 Å². The van der Waals surface area contributed by atoms with Gasteiger partial charge in [0.05, 0.1) is 18.2 Å². The Bertz CT molecular complexity index is 419. The first-order valence-electron chi connectivity index (χ1n) is 6.75. The zero-order valence-corrected chi connectivity index (χ0v) is 11.6. The fourth-order valence-electron chi connectivity index (χ4n) is 2.56. The van der Waals surface area contributed by atoms with Gasteiger partial charge in [-0.3, -0.25) is 4.79 Å². The van der Waals surface area contributed by atoms with E-state index in [9.17, 15) is 4.79 Å². The van der Waals surface area contributed by atoms with Gasteiger partial charge in [-0.05, 0) is 32.9 Å². The number of amides is 1. The maximum Gasteiger partial charge on any atom is 0.234 e. The first kappa shape index (κ1) is 14.0. The Hall–Kier alpha value is -1.40. The number of anilines is 1. The second-order valence-corrected chi connectivity index (χ2v) is 4.95.